The van der Waals surface area contributed by atoms with Gasteiger partial charge in [-0.15, -0.1) is 0 Å². The number of benzene rings is 1. The molecular formula is C11H14BrNO3. The maximum Gasteiger partial charge on any atom is 0.339 e. The van der Waals surface area contributed by atoms with Crippen LogP contribution < -0.4 is 5.73 Å². The van der Waals surface area contributed by atoms with E-state index in [0.717, 1.165) is 6.42 Å². The number of aromatic carboxylic acids is 1. The van der Waals surface area contributed by atoms with Crippen LogP contribution in [0, 0.1) is 0 Å². The van der Waals surface area contributed by atoms with Gasteiger partial charge in [-0.3, -0.25) is 0 Å². The fourth-order valence-electron chi connectivity index (χ4n) is 1.53. The maximum atomic E-state index is 10.9. The average molecular weight is 288 g/mol. The summed E-state index contributed by atoms with van der Waals surface area (Å²) in [6.07, 6.45) is 1.57. The molecule has 0 aliphatic carbocycles. The predicted octanol–water partition coefficient (Wildman–Crippen LogP) is 2.65. The van der Waals surface area contributed by atoms with E-state index >= 15 is 0 Å². The third-order valence-corrected chi connectivity index (χ3v) is 2.79. The molecule has 1 atom stereocenters. The van der Waals surface area contributed by atoms with Gasteiger partial charge in [0.05, 0.1) is 0 Å². The molecule has 88 valence electrons. The molecule has 0 heterocycles. The molecule has 5 heteroatoms. The van der Waals surface area contributed by atoms with E-state index in [-0.39, 0.29) is 17.4 Å². The van der Waals surface area contributed by atoms with Gasteiger partial charge >= 0.3 is 5.97 Å². The monoisotopic (exact) mass is 287 g/mol. The molecule has 16 heavy (non-hydrogen) atoms. The molecule has 4 N–H and O–H groups in total. The SMILES string of the molecule is CCC[C@H](N)c1cc(Br)cc(C(=O)O)c1O. The van der Waals surface area contributed by atoms with E-state index < -0.39 is 5.97 Å². The van der Waals surface area contributed by atoms with E-state index in [9.17, 15) is 9.90 Å². The third kappa shape index (κ3) is 2.74. The van der Waals surface area contributed by atoms with Gasteiger partial charge in [-0.1, -0.05) is 29.3 Å². The Morgan fingerprint density at radius 2 is 2.19 bits per heavy atom. The van der Waals surface area contributed by atoms with Crippen LogP contribution in [0.3, 0.4) is 0 Å². The normalized spacial score (nSPS) is 12.4. The van der Waals surface area contributed by atoms with Crippen molar-refractivity contribution in [2.45, 2.75) is 25.8 Å². The number of hydrogen-bond acceptors (Lipinski definition) is 3. The number of hydrogen-bond donors (Lipinski definition) is 3. The highest BCUT2D eigenvalue weighted by Gasteiger charge is 2.18. The zero-order chi connectivity index (χ0) is 12.3. The largest absolute Gasteiger partial charge is 0.507 e. The zero-order valence-corrected chi connectivity index (χ0v) is 10.5. The Morgan fingerprint density at radius 3 is 2.69 bits per heavy atom. The summed E-state index contributed by atoms with van der Waals surface area (Å²) in [7, 11) is 0. The lowest BCUT2D eigenvalue weighted by molar-refractivity contribution is 0.0693. The standard InChI is InChI=1S/C11H14BrNO3/c1-2-3-9(13)7-4-6(12)5-8(10(7)14)11(15)16/h4-5,9,14H,2-3,13H2,1H3,(H,15,16)/t9-/m0/s1. The molecule has 0 saturated heterocycles. The maximum absolute atomic E-state index is 10.9. The minimum atomic E-state index is -1.16. The highest BCUT2D eigenvalue weighted by molar-refractivity contribution is 9.10. The van der Waals surface area contributed by atoms with Crippen LogP contribution >= 0.6 is 15.9 Å². The molecule has 0 spiro atoms. The van der Waals surface area contributed by atoms with Gasteiger partial charge < -0.3 is 15.9 Å². The van der Waals surface area contributed by atoms with Crippen LogP contribution in [0.25, 0.3) is 0 Å². The highest BCUT2D eigenvalue weighted by Crippen LogP contribution is 2.32. The molecule has 0 saturated carbocycles. The lowest BCUT2D eigenvalue weighted by Gasteiger charge is -2.14. The topological polar surface area (TPSA) is 83.6 Å². The molecule has 0 unspecified atom stereocenters. The molecule has 0 aliphatic rings. The summed E-state index contributed by atoms with van der Waals surface area (Å²) >= 11 is 3.20. The van der Waals surface area contributed by atoms with Crippen molar-refractivity contribution in [3.05, 3.63) is 27.7 Å². The molecule has 1 aromatic carbocycles. The van der Waals surface area contributed by atoms with Gasteiger partial charge in [-0.25, -0.2) is 4.79 Å². The first-order valence-electron chi connectivity index (χ1n) is 4.98. The Morgan fingerprint density at radius 1 is 1.56 bits per heavy atom. The molecule has 0 aliphatic heterocycles. The molecular weight excluding hydrogens is 274 g/mol. The van der Waals surface area contributed by atoms with Crippen LogP contribution in [-0.2, 0) is 0 Å². The average Bonchev–Trinajstić information content (AvgIpc) is 2.20. The molecule has 0 bridgehead atoms. The first kappa shape index (κ1) is 13.0. The van der Waals surface area contributed by atoms with Crippen LogP contribution in [0.5, 0.6) is 5.75 Å². The number of carbonyl (C=O) groups is 1. The Balaban J connectivity index is 3.23. The second-order valence-electron chi connectivity index (χ2n) is 3.59. The highest BCUT2D eigenvalue weighted by atomic mass is 79.9. The molecule has 4 nitrogen and oxygen atoms in total. The van der Waals surface area contributed by atoms with E-state index in [1.165, 1.54) is 6.07 Å². The first-order chi connectivity index (χ1) is 7.47. The number of halogens is 1. The lowest BCUT2D eigenvalue weighted by Crippen LogP contribution is -2.11. The summed E-state index contributed by atoms with van der Waals surface area (Å²) < 4.78 is 0.601. The minimum absolute atomic E-state index is 0.129. The third-order valence-electron chi connectivity index (χ3n) is 2.33. The second-order valence-corrected chi connectivity index (χ2v) is 4.51. The number of phenols is 1. The zero-order valence-electron chi connectivity index (χ0n) is 8.90. The fraction of sp³-hybridized carbons (Fsp3) is 0.364. The van der Waals surface area contributed by atoms with Crippen molar-refractivity contribution in [3.8, 4) is 5.75 Å². The van der Waals surface area contributed by atoms with E-state index in [0.29, 0.717) is 16.5 Å². The molecule has 1 rings (SSSR count). The Kier molecular flexibility index (Phi) is 4.32. The van der Waals surface area contributed by atoms with Crippen LogP contribution in [0.1, 0.15) is 41.7 Å². The molecule has 0 amide bonds. The van der Waals surface area contributed by atoms with Crippen LogP contribution in [0.4, 0.5) is 0 Å². The van der Waals surface area contributed by atoms with Crippen molar-refractivity contribution in [3.63, 3.8) is 0 Å². The Hall–Kier alpha value is -1.07. The van der Waals surface area contributed by atoms with Crippen molar-refractivity contribution < 1.29 is 15.0 Å². The minimum Gasteiger partial charge on any atom is -0.507 e. The van der Waals surface area contributed by atoms with Crippen molar-refractivity contribution >= 4 is 21.9 Å². The molecule has 1 aromatic rings. The molecule has 0 fully saturated rings. The number of carboxylic acid groups (broad SMARTS) is 1. The second kappa shape index (κ2) is 5.32. The lowest BCUT2D eigenvalue weighted by atomic mass is 9.99. The number of nitrogens with two attached hydrogens (primary N) is 1. The van der Waals surface area contributed by atoms with Gasteiger partial charge in [-0.05, 0) is 18.6 Å². The summed E-state index contributed by atoms with van der Waals surface area (Å²) in [6.45, 7) is 1.98. The Bertz CT molecular complexity index is 406. The van der Waals surface area contributed by atoms with Crippen LogP contribution in [0.2, 0.25) is 0 Å². The van der Waals surface area contributed by atoms with Crippen molar-refractivity contribution in [1.29, 1.82) is 0 Å². The first-order valence-corrected chi connectivity index (χ1v) is 5.78. The molecule has 0 radical (unpaired) electrons. The van der Waals surface area contributed by atoms with Crippen molar-refractivity contribution in [2.24, 2.45) is 5.73 Å². The molecule has 0 aromatic heterocycles. The summed E-state index contributed by atoms with van der Waals surface area (Å²) in [6, 6.07) is 2.67. The summed E-state index contributed by atoms with van der Waals surface area (Å²) in [4.78, 5) is 10.9. The van der Waals surface area contributed by atoms with Gasteiger partial charge in [0.15, 0.2) is 0 Å². The Labute approximate surface area is 102 Å². The predicted molar refractivity (Wildman–Crippen MR) is 64.6 cm³/mol. The van der Waals surface area contributed by atoms with Gasteiger partial charge in [0.25, 0.3) is 0 Å². The van der Waals surface area contributed by atoms with Crippen LogP contribution in [0.15, 0.2) is 16.6 Å². The summed E-state index contributed by atoms with van der Waals surface area (Å²) in [5.41, 5.74) is 6.21. The smallest absolute Gasteiger partial charge is 0.339 e. The quantitative estimate of drug-likeness (QED) is 0.795. The summed E-state index contributed by atoms with van der Waals surface area (Å²) in [5, 5.41) is 18.7. The van der Waals surface area contributed by atoms with Gasteiger partial charge in [0, 0.05) is 16.1 Å². The van der Waals surface area contributed by atoms with E-state index in [1.54, 1.807) is 6.07 Å². The fourth-order valence-corrected chi connectivity index (χ4v) is 2.01. The van der Waals surface area contributed by atoms with Gasteiger partial charge in [0.2, 0.25) is 0 Å². The van der Waals surface area contributed by atoms with E-state index in [2.05, 4.69) is 15.9 Å². The number of carboxylic acids is 1. The van der Waals surface area contributed by atoms with Crippen molar-refractivity contribution in [1.82, 2.24) is 0 Å². The van der Waals surface area contributed by atoms with E-state index in [1.807, 2.05) is 6.92 Å². The van der Waals surface area contributed by atoms with Gasteiger partial charge in [0.1, 0.15) is 11.3 Å². The summed E-state index contributed by atoms with van der Waals surface area (Å²) in [5.74, 6) is -1.40. The van der Waals surface area contributed by atoms with Crippen LogP contribution in [-0.4, -0.2) is 16.2 Å². The van der Waals surface area contributed by atoms with Gasteiger partial charge in [-0.2, -0.15) is 0 Å². The van der Waals surface area contributed by atoms with Crippen molar-refractivity contribution in [2.75, 3.05) is 0 Å². The number of aromatic hydroxyl groups is 1. The van der Waals surface area contributed by atoms with E-state index in [4.69, 9.17) is 10.8 Å². The number of rotatable bonds is 4.